The fraction of sp³-hybridized carbons (Fsp3) is 0.846. The Hall–Kier alpha value is -1.50. The average molecular weight is 285 g/mol. The molecule has 1 spiro atoms. The maximum Gasteiger partial charge on any atom is 0.410 e. The zero-order valence-corrected chi connectivity index (χ0v) is 12.3. The minimum atomic E-state index is -0.594. The Bertz CT molecular complexity index is 407. The van der Waals surface area contributed by atoms with Crippen molar-refractivity contribution >= 4 is 12.2 Å². The summed E-state index contributed by atoms with van der Waals surface area (Å²) in [6.07, 6.45) is -0.0665. The van der Waals surface area contributed by atoms with Crippen LogP contribution >= 0.6 is 0 Å². The molecule has 2 aliphatic heterocycles. The maximum atomic E-state index is 12.0. The zero-order valence-electron chi connectivity index (χ0n) is 12.3. The number of nitrogens with two attached hydrogens (primary N) is 1. The summed E-state index contributed by atoms with van der Waals surface area (Å²) in [5, 5.41) is 0. The Morgan fingerprint density at radius 2 is 2.15 bits per heavy atom. The van der Waals surface area contributed by atoms with Gasteiger partial charge < -0.3 is 25.0 Å². The van der Waals surface area contributed by atoms with E-state index < -0.39 is 11.2 Å². The number of carbonyl (C=O) groups excluding carboxylic acids is 2. The van der Waals surface area contributed by atoms with Gasteiger partial charge in [0.1, 0.15) is 5.60 Å². The summed E-state index contributed by atoms with van der Waals surface area (Å²) in [5.41, 5.74) is 4.35. The van der Waals surface area contributed by atoms with Crippen molar-refractivity contribution in [2.45, 2.75) is 38.4 Å². The molecule has 2 heterocycles. The van der Waals surface area contributed by atoms with Crippen LogP contribution < -0.4 is 5.73 Å². The van der Waals surface area contributed by atoms with Crippen molar-refractivity contribution in [3.63, 3.8) is 0 Å². The van der Waals surface area contributed by atoms with Crippen LogP contribution in [-0.2, 0) is 9.47 Å². The van der Waals surface area contributed by atoms with E-state index in [0.717, 1.165) is 0 Å². The Morgan fingerprint density at radius 1 is 1.45 bits per heavy atom. The van der Waals surface area contributed by atoms with Gasteiger partial charge in [0.25, 0.3) is 0 Å². The standard InChI is InChI=1S/C13H23N3O4/c1-12(2,3)19-10(17)15-6-4-13(8-15)9-16(7-5-14)11(18)20-13/h4-9,14H2,1-3H3. The summed E-state index contributed by atoms with van der Waals surface area (Å²) in [4.78, 5) is 27.0. The SMILES string of the molecule is CC(C)(C)OC(=O)N1CCC2(C1)CN(CCN)C(=O)O2. The molecule has 114 valence electrons. The number of hydrogen-bond donors (Lipinski definition) is 1. The molecule has 0 aromatic heterocycles. The van der Waals surface area contributed by atoms with Crippen molar-refractivity contribution in [1.82, 2.24) is 9.80 Å². The molecule has 2 amide bonds. The lowest BCUT2D eigenvalue weighted by Gasteiger charge is -2.25. The summed E-state index contributed by atoms with van der Waals surface area (Å²) >= 11 is 0. The van der Waals surface area contributed by atoms with E-state index in [1.165, 1.54) is 0 Å². The summed E-state index contributed by atoms with van der Waals surface area (Å²) in [7, 11) is 0. The van der Waals surface area contributed by atoms with Crippen molar-refractivity contribution in [2.24, 2.45) is 5.73 Å². The minimum Gasteiger partial charge on any atom is -0.444 e. The van der Waals surface area contributed by atoms with Crippen LogP contribution in [0.3, 0.4) is 0 Å². The summed E-state index contributed by atoms with van der Waals surface area (Å²) in [6.45, 7) is 7.78. The van der Waals surface area contributed by atoms with E-state index in [-0.39, 0.29) is 12.2 Å². The topological polar surface area (TPSA) is 85.1 Å². The molecule has 0 aromatic rings. The Morgan fingerprint density at radius 3 is 2.75 bits per heavy atom. The van der Waals surface area contributed by atoms with Crippen LogP contribution in [0.25, 0.3) is 0 Å². The molecule has 1 atom stereocenters. The van der Waals surface area contributed by atoms with Gasteiger partial charge in [-0.1, -0.05) is 0 Å². The Kier molecular flexibility index (Phi) is 3.82. The lowest BCUT2D eigenvalue weighted by atomic mass is 10.0. The van der Waals surface area contributed by atoms with Crippen molar-refractivity contribution < 1.29 is 19.1 Å². The number of carbonyl (C=O) groups is 2. The van der Waals surface area contributed by atoms with Crippen molar-refractivity contribution in [1.29, 1.82) is 0 Å². The van der Waals surface area contributed by atoms with Gasteiger partial charge in [0.15, 0.2) is 5.60 Å². The molecule has 0 saturated carbocycles. The molecule has 1 unspecified atom stereocenters. The number of nitrogens with zero attached hydrogens (tertiary/aromatic N) is 2. The highest BCUT2D eigenvalue weighted by molar-refractivity contribution is 5.72. The predicted octanol–water partition coefficient (Wildman–Crippen LogP) is 0.777. The number of hydrogen-bond acceptors (Lipinski definition) is 5. The smallest absolute Gasteiger partial charge is 0.410 e. The third-order valence-corrected chi connectivity index (χ3v) is 3.41. The van der Waals surface area contributed by atoms with Crippen LogP contribution in [0, 0.1) is 0 Å². The normalized spacial score (nSPS) is 26.3. The maximum absolute atomic E-state index is 12.0. The quantitative estimate of drug-likeness (QED) is 0.810. The largest absolute Gasteiger partial charge is 0.444 e. The molecule has 0 radical (unpaired) electrons. The molecule has 2 fully saturated rings. The predicted molar refractivity (Wildman–Crippen MR) is 72.3 cm³/mol. The molecule has 2 saturated heterocycles. The van der Waals surface area contributed by atoms with Gasteiger partial charge in [-0.15, -0.1) is 0 Å². The van der Waals surface area contributed by atoms with E-state index in [0.29, 0.717) is 39.1 Å². The Labute approximate surface area is 119 Å². The molecule has 2 aliphatic rings. The van der Waals surface area contributed by atoms with Crippen molar-refractivity contribution in [3.05, 3.63) is 0 Å². The highest BCUT2D eigenvalue weighted by Gasteiger charge is 2.50. The first-order valence-electron chi connectivity index (χ1n) is 6.91. The van der Waals surface area contributed by atoms with Crippen LogP contribution in [0.15, 0.2) is 0 Å². The third-order valence-electron chi connectivity index (χ3n) is 3.41. The van der Waals surface area contributed by atoms with Crippen LogP contribution in [0.5, 0.6) is 0 Å². The summed E-state index contributed by atoms with van der Waals surface area (Å²) in [5.74, 6) is 0. The van der Waals surface area contributed by atoms with Crippen LogP contribution in [0.2, 0.25) is 0 Å². The third kappa shape index (κ3) is 3.15. The van der Waals surface area contributed by atoms with Gasteiger partial charge in [-0.3, -0.25) is 0 Å². The molecule has 7 heteroatoms. The van der Waals surface area contributed by atoms with Crippen molar-refractivity contribution in [2.75, 3.05) is 32.7 Å². The van der Waals surface area contributed by atoms with Gasteiger partial charge in [0.2, 0.25) is 0 Å². The lowest BCUT2D eigenvalue weighted by Crippen LogP contribution is -2.41. The highest BCUT2D eigenvalue weighted by atomic mass is 16.6. The van der Waals surface area contributed by atoms with Gasteiger partial charge in [-0.05, 0) is 20.8 Å². The highest BCUT2D eigenvalue weighted by Crippen LogP contribution is 2.32. The minimum absolute atomic E-state index is 0.346. The number of amides is 2. The fourth-order valence-corrected chi connectivity index (χ4v) is 2.56. The van der Waals surface area contributed by atoms with Crippen LogP contribution in [0.4, 0.5) is 9.59 Å². The lowest BCUT2D eigenvalue weighted by molar-refractivity contribution is 0.0200. The van der Waals surface area contributed by atoms with Gasteiger partial charge in [0.05, 0.1) is 13.1 Å². The molecule has 0 aromatic carbocycles. The molecule has 0 aliphatic carbocycles. The zero-order chi connectivity index (χ0) is 15.0. The second-order valence-corrected chi connectivity index (χ2v) is 6.41. The van der Waals surface area contributed by atoms with Gasteiger partial charge in [-0.25, -0.2) is 9.59 Å². The van der Waals surface area contributed by atoms with E-state index in [2.05, 4.69) is 0 Å². The van der Waals surface area contributed by atoms with Crippen molar-refractivity contribution in [3.8, 4) is 0 Å². The number of likely N-dealkylation sites (tertiary alicyclic amines) is 1. The van der Waals surface area contributed by atoms with E-state index in [1.807, 2.05) is 20.8 Å². The molecule has 7 nitrogen and oxygen atoms in total. The van der Waals surface area contributed by atoms with Gasteiger partial charge in [0, 0.05) is 26.1 Å². The molecular formula is C13H23N3O4. The second-order valence-electron chi connectivity index (χ2n) is 6.41. The Balaban J connectivity index is 1.95. The first-order chi connectivity index (χ1) is 9.25. The van der Waals surface area contributed by atoms with E-state index in [1.54, 1.807) is 9.80 Å². The second kappa shape index (κ2) is 5.12. The number of rotatable bonds is 2. The van der Waals surface area contributed by atoms with Gasteiger partial charge >= 0.3 is 12.2 Å². The first-order valence-corrected chi connectivity index (χ1v) is 6.91. The average Bonchev–Trinajstić information content (AvgIpc) is 2.83. The molecular weight excluding hydrogens is 262 g/mol. The summed E-state index contributed by atoms with van der Waals surface area (Å²) in [6, 6.07) is 0. The fourth-order valence-electron chi connectivity index (χ4n) is 2.56. The monoisotopic (exact) mass is 285 g/mol. The molecule has 20 heavy (non-hydrogen) atoms. The van der Waals surface area contributed by atoms with E-state index in [9.17, 15) is 9.59 Å². The number of ether oxygens (including phenoxy) is 2. The van der Waals surface area contributed by atoms with E-state index >= 15 is 0 Å². The van der Waals surface area contributed by atoms with Gasteiger partial charge in [-0.2, -0.15) is 0 Å². The van der Waals surface area contributed by atoms with Crippen LogP contribution in [0.1, 0.15) is 27.2 Å². The molecule has 2 N–H and O–H groups in total. The first kappa shape index (κ1) is 14.9. The molecule has 0 bridgehead atoms. The molecule has 2 rings (SSSR count). The summed E-state index contributed by atoms with van der Waals surface area (Å²) < 4.78 is 10.8. The van der Waals surface area contributed by atoms with E-state index in [4.69, 9.17) is 15.2 Å². The van der Waals surface area contributed by atoms with Crippen LogP contribution in [-0.4, -0.2) is 65.9 Å².